The number of nitrogens with one attached hydrogen (secondary N) is 2. The van der Waals surface area contributed by atoms with Gasteiger partial charge in [-0.1, -0.05) is 13.8 Å². The summed E-state index contributed by atoms with van der Waals surface area (Å²) in [6.45, 7) is 2.32. The van der Waals surface area contributed by atoms with Gasteiger partial charge in [0.1, 0.15) is 12.6 Å². The molecule has 0 aliphatic rings. The van der Waals surface area contributed by atoms with Gasteiger partial charge in [0.05, 0.1) is 6.54 Å². The molecule has 0 fully saturated rings. The number of halogens is 2. The number of carbonyl (C=O) groups is 2. The second-order valence-electron chi connectivity index (χ2n) is 4.15. The van der Waals surface area contributed by atoms with Crippen molar-refractivity contribution in [2.24, 2.45) is 5.92 Å². The zero-order valence-corrected chi connectivity index (χ0v) is 10.1. The highest BCUT2D eigenvalue weighted by atomic mass is 19.3. The van der Waals surface area contributed by atoms with Crippen LogP contribution >= 0.6 is 0 Å². The van der Waals surface area contributed by atoms with Crippen LogP contribution in [0.2, 0.25) is 0 Å². The molecule has 0 aromatic rings. The monoisotopic (exact) mass is 252 g/mol. The van der Waals surface area contributed by atoms with E-state index < -0.39 is 36.9 Å². The first-order valence-corrected chi connectivity index (χ1v) is 5.23. The molecule has 0 saturated heterocycles. The normalized spacial score (nSPS) is 13.4. The van der Waals surface area contributed by atoms with Gasteiger partial charge in [-0.3, -0.25) is 9.59 Å². The Hall–Kier alpha value is -1.24. The molecule has 100 valence electrons. The summed E-state index contributed by atoms with van der Waals surface area (Å²) in [7, 11) is 0. The van der Waals surface area contributed by atoms with Gasteiger partial charge < -0.3 is 15.7 Å². The zero-order valence-electron chi connectivity index (χ0n) is 10.1. The lowest BCUT2D eigenvalue weighted by molar-refractivity contribution is -0.131. The first-order valence-electron chi connectivity index (χ1n) is 5.23. The van der Waals surface area contributed by atoms with E-state index in [9.17, 15) is 18.4 Å². The molecule has 17 heavy (non-hydrogen) atoms. The molecule has 0 aromatic carbocycles. The molecular weight excluding hydrogens is 234 g/mol. The fourth-order valence-electron chi connectivity index (χ4n) is 1.14. The maximum Gasteiger partial charge on any atom is 0.287 e. The third-order valence-corrected chi connectivity index (χ3v) is 2.06. The minimum absolute atomic E-state index is 0.221. The van der Waals surface area contributed by atoms with Crippen molar-refractivity contribution in [3.63, 3.8) is 0 Å². The van der Waals surface area contributed by atoms with E-state index in [2.05, 4.69) is 5.32 Å². The topological polar surface area (TPSA) is 78.4 Å². The Balaban J connectivity index is 4.39. The number of aliphatic hydroxyl groups excluding tert-OH is 1. The van der Waals surface area contributed by atoms with Crippen LogP contribution in [0.15, 0.2) is 0 Å². The highest BCUT2D eigenvalue weighted by Gasteiger charge is 2.30. The van der Waals surface area contributed by atoms with Crippen molar-refractivity contribution in [3.8, 4) is 0 Å². The van der Waals surface area contributed by atoms with E-state index in [1.807, 2.05) is 5.32 Å². The van der Waals surface area contributed by atoms with Gasteiger partial charge in [0, 0.05) is 6.92 Å². The molecule has 0 radical (unpaired) electrons. The largest absolute Gasteiger partial charge is 0.390 e. The van der Waals surface area contributed by atoms with E-state index in [1.54, 1.807) is 13.8 Å². The molecule has 1 atom stereocenters. The SMILES string of the molecule is CC(=O)NC(C(=O)NCC(F)(F)CO)C(C)C. The smallest absolute Gasteiger partial charge is 0.287 e. The van der Waals surface area contributed by atoms with Gasteiger partial charge in [0.15, 0.2) is 0 Å². The van der Waals surface area contributed by atoms with Crippen molar-refractivity contribution < 1.29 is 23.5 Å². The van der Waals surface area contributed by atoms with Crippen LogP contribution < -0.4 is 10.6 Å². The van der Waals surface area contributed by atoms with Crippen LogP contribution in [0.1, 0.15) is 20.8 Å². The average Bonchev–Trinajstić information content (AvgIpc) is 2.22. The van der Waals surface area contributed by atoms with E-state index in [4.69, 9.17) is 5.11 Å². The Morgan fingerprint density at radius 2 is 1.88 bits per heavy atom. The van der Waals surface area contributed by atoms with Gasteiger partial charge in [0.2, 0.25) is 11.8 Å². The Kier molecular flexibility index (Phi) is 6.01. The van der Waals surface area contributed by atoms with Crippen LogP contribution in [0.4, 0.5) is 8.78 Å². The number of hydrogen-bond donors (Lipinski definition) is 3. The van der Waals surface area contributed by atoms with Crippen molar-refractivity contribution in [2.75, 3.05) is 13.2 Å². The van der Waals surface area contributed by atoms with Crippen molar-refractivity contribution in [3.05, 3.63) is 0 Å². The molecule has 0 saturated carbocycles. The second-order valence-corrected chi connectivity index (χ2v) is 4.15. The summed E-state index contributed by atoms with van der Waals surface area (Å²) in [5.41, 5.74) is 0. The van der Waals surface area contributed by atoms with Gasteiger partial charge >= 0.3 is 0 Å². The second kappa shape index (κ2) is 6.48. The summed E-state index contributed by atoms with van der Waals surface area (Å²) in [6.07, 6.45) is 0. The zero-order chi connectivity index (χ0) is 13.6. The van der Waals surface area contributed by atoms with E-state index in [1.165, 1.54) is 6.92 Å². The van der Waals surface area contributed by atoms with Gasteiger partial charge in [-0.25, -0.2) is 8.78 Å². The molecule has 0 aromatic heterocycles. The summed E-state index contributed by atoms with van der Waals surface area (Å²) in [4.78, 5) is 22.4. The van der Waals surface area contributed by atoms with Crippen LogP contribution in [0, 0.1) is 5.92 Å². The van der Waals surface area contributed by atoms with Gasteiger partial charge in [-0.2, -0.15) is 0 Å². The van der Waals surface area contributed by atoms with Gasteiger partial charge in [-0.15, -0.1) is 0 Å². The van der Waals surface area contributed by atoms with Crippen molar-refractivity contribution in [2.45, 2.75) is 32.7 Å². The molecule has 0 aliphatic carbocycles. The maximum atomic E-state index is 12.7. The maximum absolute atomic E-state index is 12.7. The molecule has 2 amide bonds. The van der Waals surface area contributed by atoms with E-state index in [0.29, 0.717) is 0 Å². The fraction of sp³-hybridized carbons (Fsp3) is 0.800. The minimum atomic E-state index is -3.35. The van der Waals surface area contributed by atoms with E-state index >= 15 is 0 Å². The summed E-state index contributed by atoms with van der Waals surface area (Å²) in [5, 5.41) is 12.7. The highest BCUT2D eigenvalue weighted by Crippen LogP contribution is 2.10. The third-order valence-electron chi connectivity index (χ3n) is 2.06. The molecule has 0 aliphatic heterocycles. The van der Waals surface area contributed by atoms with Crippen molar-refractivity contribution in [1.29, 1.82) is 0 Å². The lowest BCUT2D eigenvalue weighted by atomic mass is 10.0. The summed E-state index contributed by atoms with van der Waals surface area (Å²) in [6, 6.07) is -0.859. The number of aliphatic hydroxyl groups is 1. The van der Waals surface area contributed by atoms with E-state index in [-0.39, 0.29) is 5.92 Å². The Bertz CT molecular complexity index is 283. The fourth-order valence-corrected chi connectivity index (χ4v) is 1.14. The predicted octanol–water partition coefficient (Wildman–Crippen LogP) is -0.109. The summed E-state index contributed by atoms with van der Waals surface area (Å²) in [5.74, 6) is -4.68. The number of rotatable bonds is 6. The predicted molar refractivity (Wildman–Crippen MR) is 57.5 cm³/mol. The highest BCUT2D eigenvalue weighted by molar-refractivity contribution is 5.87. The lowest BCUT2D eigenvalue weighted by Crippen LogP contribution is -2.51. The van der Waals surface area contributed by atoms with Gasteiger partial charge in [0.25, 0.3) is 5.92 Å². The molecule has 0 bridgehead atoms. The molecule has 7 heteroatoms. The van der Waals surface area contributed by atoms with Crippen molar-refractivity contribution in [1.82, 2.24) is 10.6 Å². The summed E-state index contributed by atoms with van der Waals surface area (Å²) < 4.78 is 25.4. The molecule has 0 heterocycles. The standard InChI is InChI=1S/C10H18F2N2O3/c1-6(2)8(14-7(3)16)9(17)13-4-10(11,12)5-15/h6,8,15H,4-5H2,1-3H3,(H,13,17)(H,14,16). The minimum Gasteiger partial charge on any atom is -0.390 e. The first kappa shape index (κ1) is 15.8. The number of carbonyl (C=O) groups excluding carboxylic acids is 2. The van der Waals surface area contributed by atoms with E-state index in [0.717, 1.165) is 0 Å². The van der Waals surface area contributed by atoms with Crippen molar-refractivity contribution >= 4 is 11.8 Å². The van der Waals surface area contributed by atoms with Crippen LogP contribution in [0.25, 0.3) is 0 Å². The van der Waals surface area contributed by atoms with Crippen LogP contribution in [0.5, 0.6) is 0 Å². The average molecular weight is 252 g/mol. The Morgan fingerprint density at radius 1 is 1.35 bits per heavy atom. The Labute approximate surface area is 98.6 Å². The summed E-state index contributed by atoms with van der Waals surface area (Å²) >= 11 is 0. The third kappa shape index (κ3) is 6.15. The van der Waals surface area contributed by atoms with Crippen LogP contribution in [0.3, 0.4) is 0 Å². The molecule has 5 nitrogen and oxygen atoms in total. The number of amides is 2. The van der Waals surface area contributed by atoms with Crippen LogP contribution in [-0.2, 0) is 9.59 Å². The molecule has 0 spiro atoms. The van der Waals surface area contributed by atoms with Gasteiger partial charge in [-0.05, 0) is 5.92 Å². The molecule has 1 unspecified atom stereocenters. The molecule has 3 N–H and O–H groups in total. The molecule has 0 rings (SSSR count). The number of alkyl halides is 2. The lowest BCUT2D eigenvalue weighted by Gasteiger charge is -2.22. The first-order chi connectivity index (χ1) is 7.69. The number of hydrogen-bond acceptors (Lipinski definition) is 3. The molecular formula is C10H18F2N2O3. The quantitative estimate of drug-likeness (QED) is 0.617. The Morgan fingerprint density at radius 3 is 2.24 bits per heavy atom. The van der Waals surface area contributed by atoms with Crippen LogP contribution in [-0.4, -0.2) is 42.0 Å².